The van der Waals surface area contributed by atoms with Gasteiger partial charge in [0.1, 0.15) is 11.6 Å². The Hall–Kier alpha value is -3.98. The Morgan fingerprint density at radius 2 is 2.03 bits per heavy atom. The first kappa shape index (κ1) is 23.7. The van der Waals surface area contributed by atoms with Crippen LogP contribution in [-0.2, 0) is 17.9 Å². The van der Waals surface area contributed by atoms with E-state index in [1.807, 2.05) is 66.2 Å². The van der Waals surface area contributed by atoms with Crippen LogP contribution in [0.3, 0.4) is 0 Å². The molecule has 2 aromatic heterocycles. The van der Waals surface area contributed by atoms with E-state index in [-0.39, 0.29) is 11.8 Å². The predicted octanol–water partition coefficient (Wildman–Crippen LogP) is 3.77. The molecule has 0 spiro atoms. The summed E-state index contributed by atoms with van der Waals surface area (Å²) in [5, 5.41) is 7.27. The van der Waals surface area contributed by atoms with Crippen LogP contribution < -0.4 is 10.1 Å². The molecule has 1 fully saturated rings. The van der Waals surface area contributed by atoms with Crippen molar-refractivity contribution in [3.8, 4) is 22.8 Å². The molecule has 9 heteroatoms. The van der Waals surface area contributed by atoms with Crippen LogP contribution in [0, 0.1) is 12.8 Å². The van der Waals surface area contributed by atoms with Crippen molar-refractivity contribution in [2.75, 3.05) is 20.2 Å². The normalized spacial score (nSPS) is 16.1. The molecule has 0 radical (unpaired) electrons. The summed E-state index contributed by atoms with van der Waals surface area (Å²) in [6.45, 7) is 4.52. The average molecular weight is 487 g/mol. The van der Waals surface area contributed by atoms with Crippen LogP contribution in [0.4, 0.5) is 0 Å². The lowest BCUT2D eigenvalue weighted by Gasteiger charge is -2.31. The van der Waals surface area contributed by atoms with E-state index in [1.165, 1.54) is 0 Å². The maximum atomic E-state index is 13.1. The molecule has 0 aliphatic carbocycles. The van der Waals surface area contributed by atoms with Crippen molar-refractivity contribution in [3.05, 3.63) is 78.2 Å². The monoisotopic (exact) mass is 486 g/mol. The van der Waals surface area contributed by atoms with E-state index in [4.69, 9.17) is 9.26 Å². The fourth-order valence-corrected chi connectivity index (χ4v) is 4.64. The molecule has 2 aromatic carbocycles. The number of likely N-dealkylation sites (tertiary alicyclic amines) is 1. The first-order valence-corrected chi connectivity index (χ1v) is 12.2. The highest BCUT2D eigenvalue weighted by Gasteiger charge is 2.27. The Morgan fingerprint density at radius 1 is 1.19 bits per heavy atom. The minimum atomic E-state index is -0.0788. The number of aromatic nitrogens is 4. The first-order valence-electron chi connectivity index (χ1n) is 12.2. The minimum absolute atomic E-state index is 0.0707. The van der Waals surface area contributed by atoms with Gasteiger partial charge in [0.25, 0.3) is 0 Å². The molecule has 1 aliphatic rings. The van der Waals surface area contributed by atoms with Gasteiger partial charge in [0.15, 0.2) is 0 Å². The second kappa shape index (κ2) is 10.7. The summed E-state index contributed by atoms with van der Waals surface area (Å²) in [5.41, 5.74) is 2.95. The largest absolute Gasteiger partial charge is 0.497 e. The van der Waals surface area contributed by atoms with E-state index in [0.29, 0.717) is 31.3 Å². The molecule has 3 heterocycles. The summed E-state index contributed by atoms with van der Waals surface area (Å²) in [6, 6.07) is 15.6. The summed E-state index contributed by atoms with van der Waals surface area (Å²) in [4.78, 5) is 24.1. The fourth-order valence-electron chi connectivity index (χ4n) is 4.64. The predicted molar refractivity (Wildman–Crippen MR) is 134 cm³/mol. The Morgan fingerprint density at radius 3 is 2.81 bits per heavy atom. The van der Waals surface area contributed by atoms with E-state index in [2.05, 4.69) is 25.3 Å². The number of nitrogens with zero attached hydrogens (tertiary/aromatic N) is 5. The van der Waals surface area contributed by atoms with E-state index in [9.17, 15) is 4.79 Å². The lowest BCUT2D eigenvalue weighted by Crippen LogP contribution is -2.42. The van der Waals surface area contributed by atoms with Crippen molar-refractivity contribution >= 4 is 5.91 Å². The third-order valence-corrected chi connectivity index (χ3v) is 6.58. The zero-order valence-electron chi connectivity index (χ0n) is 20.6. The number of carbonyl (C=O) groups is 1. The highest BCUT2D eigenvalue weighted by Crippen LogP contribution is 2.23. The Balaban J connectivity index is 1.18. The number of piperidine rings is 1. The number of nitrogens with one attached hydrogen (secondary N) is 1. The Labute approximate surface area is 210 Å². The molecule has 1 aliphatic heterocycles. The molecule has 0 bridgehead atoms. The van der Waals surface area contributed by atoms with Crippen LogP contribution in [-0.4, -0.2) is 50.7 Å². The highest BCUT2D eigenvalue weighted by molar-refractivity contribution is 5.79. The van der Waals surface area contributed by atoms with Crippen molar-refractivity contribution in [1.29, 1.82) is 0 Å². The van der Waals surface area contributed by atoms with E-state index >= 15 is 0 Å². The number of carbonyl (C=O) groups excluding carboxylic acids is 1. The third-order valence-electron chi connectivity index (χ3n) is 6.58. The van der Waals surface area contributed by atoms with Crippen LogP contribution >= 0.6 is 0 Å². The summed E-state index contributed by atoms with van der Waals surface area (Å²) in [6.07, 6.45) is 5.53. The lowest BCUT2D eigenvalue weighted by molar-refractivity contribution is -0.127. The number of ether oxygens (including phenoxy) is 1. The van der Waals surface area contributed by atoms with E-state index in [1.54, 1.807) is 13.3 Å². The molecule has 1 amide bonds. The van der Waals surface area contributed by atoms with Gasteiger partial charge in [0, 0.05) is 31.0 Å². The van der Waals surface area contributed by atoms with E-state index < -0.39 is 0 Å². The van der Waals surface area contributed by atoms with Gasteiger partial charge in [0.2, 0.25) is 17.6 Å². The van der Waals surface area contributed by atoms with E-state index in [0.717, 1.165) is 47.8 Å². The van der Waals surface area contributed by atoms with Crippen LogP contribution in [0.25, 0.3) is 17.1 Å². The zero-order chi connectivity index (χ0) is 24.9. The summed E-state index contributed by atoms with van der Waals surface area (Å²) < 4.78 is 12.7. The number of hydrogen-bond acceptors (Lipinski definition) is 7. The maximum absolute atomic E-state index is 13.1. The molecule has 5 rings (SSSR count). The number of methoxy groups -OCH3 is 1. The number of benzene rings is 2. The van der Waals surface area contributed by atoms with Crippen molar-refractivity contribution in [2.24, 2.45) is 5.92 Å². The quantitative estimate of drug-likeness (QED) is 0.405. The number of imidazole rings is 1. The van der Waals surface area contributed by atoms with Crippen molar-refractivity contribution in [2.45, 2.75) is 32.9 Å². The SMILES string of the molecule is COc1ccc(-c2noc(CN3CCCC(C(=O)NCc4ccccc4-n4ccnc4C)C3)n2)cc1. The molecule has 1 atom stereocenters. The molecule has 1 saturated heterocycles. The fraction of sp³-hybridized carbons (Fsp3) is 0.333. The van der Waals surface area contributed by atoms with Crippen molar-refractivity contribution in [3.63, 3.8) is 0 Å². The summed E-state index contributed by atoms with van der Waals surface area (Å²) in [5.74, 6) is 2.77. The maximum Gasteiger partial charge on any atom is 0.241 e. The third kappa shape index (κ3) is 5.31. The molecule has 0 saturated carbocycles. The molecule has 36 heavy (non-hydrogen) atoms. The van der Waals surface area contributed by atoms with Crippen molar-refractivity contribution in [1.82, 2.24) is 29.9 Å². The zero-order valence-corrected chi connectivity index (χ0v) is 20.6. The minimum Gasteiger partial charge on any atom is -0.497 e. The standard InChI is InChI=1S/C27H30N6O3/c1-19-28-13-15-33(19)24-8-4-3-6-21(24)16-29-27(34)22-7-5-14-32(17-22)18-25-30-26(31-36-25)20-9-11-23(35-2)12-10-20/h3-4,6,8-13,15,22H,5,7,14,16-18H2,1-2H3,(H,29,34). The number of aryl methyl sites for hydroxylation is 1. The molecule has 186 valence electrons. The first-order chi connectivity index (χ1) is 17.6. The number of hydrogen-bond donors (Lipinski definition) is 1. The van der Waals surface area contributed by atoms with Gasteiger partial charge < -0.3 is 19.1 Å². The van der Waals surface area contributed by atoms with Crippen LogP contribution in [0.1, 0.15) is 30.1 Å². The van der Waals surface area contributed by atoms with Gasteiger partial charge in [-0.2, -0.15) is 4.98 Å². The lowest BCUT2D eigenvalue weighted by atomic mass is 9.97. The van der Waals surface area contributed by atoms with Crippen molar-refractivity contribution < 1.29 is 14.1 Å². The number of rotatable bonds is 8. The topological polar surface area (TPSA) is 98.3 Å². The number of amides is 1. The van der Waals surface area contributed by atoms with Gasteiger partial charge in [-0.25, -0.2) is 4.98 Å². The molecular weight excluding hydrogens is 456 g/mol. The molecule has 4 aromatic rings. The Kier molecular flexibility index (Phi) is 7.08. The van der Waals surface area contributed by atoms with Gasteiger partial charge in [-0.05, 0) is 62.2 Å². The van der Waals surface area contributed by atoms with Gasteiger partial charge in [-0.3, -0.25) is 9.69 Å². The van der Waals surface area contributed by atoms with Crippen LogP contribution in [0.5, 0.6) is 5.75 Å². The smallest absolute Gasteiger partial charge is 0.241 e. The molecule has 1 unspecified atom stereocenters. The van der Waals surface area contributed by atoms with Gasteiger partial charge in [-0.1, -0.05) is 23.4 Å². The summed E-state index contributed by atoms with van der Waals surface area (Å²) >= 11 is 0. The molecule has 1 N–H and O–H groups in total. The van der Waals surface area contributed by atoms with Gasteiger partial charge >= 0.3 is 0 Å². The van der Waals surface area contributed by atoms with Crippen LogP contribution in [0.15, 0.2) is 65.4 Å². The Bertz CT molecular complexity index is 1310. The second-order valence-corrected chi connectivity index (χ2v) is 9.01. The second-order valence-electron chi connectivity index (χ2n) is 9.01. The molecular formula is C27H30N6O3. The number of para-hydroxylation sites is 1. The highest BCUT2D eigenvalue weighted by atomic mass is 16.5. The molecule has 9 nitrogen and oxygen atoms in total. The van der Waals surface area contributed by atoms with Gasteiger partial charge in [-0.15, -0.1) is 0 Å². The van der Waals surface area contributed by atoms with Crippen LogP contribution in [0.2, 0.25) is 0 Å². The summed E-state index contributed by atoms with van der Waals surface area (Å²) in [7, 11) is 1.63. The average Bonchev–Trinajstić information content (AvgIpc) is 3.56. The van der Waals surface area contributed by atoms with Gasteiger partial charge in [0.05, 0.1) is 25.3 Å².